The van der Waals surface area contributed by atoms with E-state index in [9.17, 15) is 14.0 Å². The summed E-state index contributed by atoms with van der Waals surface area (Å²) in [7, 11) is 0. The lowest BCUT2D eigenvalue weighted by atomic mass is 10.1. The maximum Gasteiger partial charge on any atom is 0.345 e. The number of carbonyl (C=O) groups is 1. The minimum atomic E-state index is -0.449. The highest BCUT2D eigenvalue weighted by Crippen LogP contribution is 2.28. The van der Waals surface area contributed by atoms with Crippen LogP contribution in [0.25, 0.3) is 22.2 Å². The van der Waals surface area contributed by atoms with Gasteiger partial charge in [-0.15, -0.1) is 11.3 Å². The first-order valence-electron chi connectivity index (χ1n) is 8.25. The molecule has 140 valence electrons. The molecule has 0 bridgehead atoms. The lowest BCUT2D eigenvalue weighted by Crippen LogP contribution is -2.13. The molecule has 1 amide bonds. The first kappa shape index (κ1) is 18.4. The number of nitrogens with zero attached hydrogens (tertiary/aromatic N) is 1. The van der Waals surface area contributed by atoms with Crippen molar-refractivity contribution in [2.24, 2.45) is 0 Å². The second-order valence-electron chi connectivity index (χ2n) is 5.83. The highest BCUT2D eigenvalue weighted by molar-refractivity contribution is 8.01. The van der Waals surface area contributed by atoms with Gasteiger partial charge in [-0.05, 0) is 36.4 Å². The average Bonchev–Trinajstić information content (AvgIpc) is 3.16. The molecular weight excluding hydrogens is 399 g/mol. The van der Waals surface area contributed by atoms with Crippen molar-refractivity contribution in [3.05, 3.63) is 76.2 Å². The van der Waals surface area contributed by atoms with Gasteiger partial charge in [0.2, 0.25) is 5.91 Å². The highest BCUT2D eigenvalue weighted by Gasteiger charge is 2.13. The molecule has 0 fully saturated rings. The normalized spacial score (nSPS) is 10.9. The van der Waals surface area contributed by atoms with Crippen LogP contribution in [0.4, 0.5) is 10.1 Å². The van der Waals surface area contributed by atoms with Crippen molar-refractivity contribution in [1.29, 1.82) is 0 Å². The van der Waals surface area contributed by atoms with Gasteiger partial charge in [0.05, 0.1) is 17.0 Å². The molecule has 0 atom stereocenters. The molecule has 0 saturated heterocycles. The Hall–Kier alpha value is -2.97. The van der Waals surface area contributed by atoms with Crippen LogP contribution in [0.1, 0.15) is 0 Å². The number of hydrogen-bond donors (Lipinski definition) is 1. The Labute approximate surface area is 167 Å². The molecule has 2 heterocycles. The quantitative estimate of drug-likeness (QED) is 0.377. The third kappa shape index (κ3) is 4.13. The van der Waals surface area contributed by atoms with E-state index in [4.69, 9.17) is 4.42 Å². The van der Waals surface area contributed by atoms with Gasteiger partial charge >= 0.3 is 5.63 Å². The van der Waals surface area contributed by atoms with Gasteiger partial charge in [0.25, 0.3) is 0 Å². The van der Waals surface area contributed by atoms with Crippen molar-refractivity contribution in [3.8, 4) is 11.3 Å². The van der Waals surface area contributed by atoms with Crippen LogP contribution in [0, 0.1) is 5.82 Å². The van der Waals surface area contributed by atoms with E-state index in [1.165, 1.54) is 47.4 Å². The summed E-state index contributed by atoms with van der Waals surface area (Å²) in [5, 5.41) is 5.28. The second-order valence-corrected chi connectivity index (χ2v) is 7.91. The maximum atomic E-state index is 12.9. The van der Waals surface area contributed by atoms with Crippen molar-refractivity contribution in [1.82, 2.24) is 4.98 Å². The van der Waals surface area contributed by atoms with E-state index in [-0.39, 0.29) is 17.5 Å². The number of nitrogens with one attached hydrogen (secondary N) is 1. The zero-order chi connectivity index (χ0) is 19.5. The van der Waals surface area contributed by atoms with Gasteiger partial charge in [-0.1, -0.05) is 30.0 Å². The molecule has 0 aliphatic heterocycles. The number of carbonyl (C=O) groups excluding carboxylic acids is 1. The summed E-state index contributed by atoms with van der Waals surface area (Å²) >= 11 is 2.61. The summed E-state index contributed by atoms with van der Waals surface area (Å²) in [5.74, 6) is -0.434. The molecule has 0 aliphatic carbocycles. The lowest BCUT2D eigenvalue weighted by molar-refractivity contribution is -0.113. The van der Waals surface area contributed by atoms with Gasteiger partial charge < -0.3 is 9.73 Å². The van der Waals surface area contributed by atoms with Gasteiger partial charge in [0, 0.05) is 16.5 Å². The van der Waals surface area contributed by atoms with E-state index < -0.39 is 5.63 Å². The molecular formula is C20H13FN2O3S2. The summed E-state index contributed by atoms with van der Waals surface area (Å²) in [6.07, 6.45) is 0. The Bertz CT molecular complexity index is 1200. The summed E-state index contributed by atoms with van der Waals surface area (Å²) in [6, 6.07) is 14.6. The van der Waals surface area contributed by atoms with Crippen LogP contribution >= 0.6 is 23.1 Å². The number of aromatic nitrogens is 1. The van der Waals surface area contributed by atoms with Crippen molar-refractivity contribution < 1.29 is 13.6 Å². The fraction of sp³-hybridized carbons (Fsp3) is 0.0500. The molecule has 0 unspecified atom stereocenters. The van der Waals surface area contributed by atoms with Gasteiger partial charge in [0.15, 0.2) is 4.34 Å². The van der Waals surface area contributed by atoms with Gasteiger partial charge in [0.1, 0.15) is 11.4 Å². The van der Waals surface area contributed by atoms with Gasteiger partial charge in [-0.2, -0.15) is 0 Å². The smallest absolute Gasteiger partial charge is 0.345 e. The van der Waals surface area contributed by atoms with Crippen molar-refractivity contribution >= 4 is 45.7 Å². The molecule has 4 aromatic rings. The van der Waals surface area contributed by atoms with Crippen molar-refractivity contribution in [2.75, 3.05) is 11.1 Å². The van der Waals surface area contributed by atoms with Gasteiger partial charge in [-0.3, -0.25) is 4.79 Å². The summed E-state index contributed by atoms with van der Waals surface area (Å²) < 4.78 is 18.9. The van der Waals surface area contributed by atoms with Gasteiger partial charge in [-0.25, -0.2) is 14.2 Å². The number of hydrogen-bond acceptors (Lipinski definition) is 6. The molecule has 4 rings (SSSR count). The molecule has 0 radical (unpaired) electrons. The van der Waals surface area contributed by atoms with Crippen LogP contribution in [0.5, 0.6) is 0 Å². The molecule has 2 aromatic heterocycles. The van der Waals surface area contributed by atoms with E-state index in [0.29, 0.717) is 26.9 Å². The molecule has 0 spiro atoms. The Balaban J connectivity index is 1.44. The zero-order valence-electron chi connectivity index (χ0n) is 14.3. The number of benzene rings is 2. The third-order valence-electron chi connectivity index (χ3n) is 3.86. The Kier molecular flexibility index (Phi) is 5.23. The fourth-order valence-corrected chi connectivity index (χ4v) is 4.17. The Morgan fingerprint density at radius 1 is 1.18 bits per heavy atom. The number of para-hydroxylation sites is 1. The number of thiazole rings is 1. The second kappa shape index (κ2) is 7.95. The summed E-state index contributed by atoms with van der Waals surface area (Å²) in [6.45, 7) is 0. The first-order valence-corrected chi connectivity index (χ1v) is 10.1. The molecule has 8 heteroatoms. The number of anilines is 1. The number of rotatable bonds is 5. The minimum absolute atomic E-state index is 0.149. The van der Waals surface area contributed by atoms with Crippen LogP contribution < -0.4 is 10.9 Å². The standard InChI is InChI=1S/C20H13FN2O3S2/c21-13-5-7-14(8-6-13)22-18(24)11-28-20-23-16(10-27-20)15-9-12-3-1-2-4-17(12)26-19(15)25/h1-10H,11H2,(H,22,24). The van der Waals surface area contributed by atoms with E-state index >= 15 is 0 Å². The van der Waals surface area contributed by atoms with E-state index in [1.807, 2.05) is 12.1 Å². The van der Waals surface area contributed by atoms with Crippen LogP contribution in [-0.4, -0.2) is 16.6 Å². The molecule has 0 aliphatic rings. The molecule has 28 heavy (non-hydrogen) atoms. The van der Waals surface area contributed by atoms with Crippen LogP contribution in [0.15, 0.2) is 73.5 Å². The Morgan fingerprint density at radius 3 is 2.79 bits per heavy atom. The zero-order valence-corrected chi connectivity index (χ0v) is 16.0. The predicted octanol–water partition coefficient (Wildman–Crippen LogP) is 4.79. The van der Waals surface area contributed by atoms with Crippen LogP contribution in [-0.2, 0) is 4.79 Å². The van der Waals surface area contributed by atoms with Crippen molar-refractivity contribution in [3.63, 3.8) is 0 Å². The lowest BCUT2D eigenvalue weighted by Gasteiger charge is -2.03. The SMILES string of the molecule is O=C(CSc1nc(-c2cc3ccccc3oc2=O)cs1)Nc1ccc(F)cc1. The first-order chi connectivity index (χ1) is 13.6. The van der Waals surface area contributed by atoms with E-state index in [2.05, 4.69) is 10.3 Å². The number of amides is 1. The third-order valence-corrected chi connectivity index (χ3v) is 5.88. The monoisotopic (exact) mass is 412 g/mol. The molecule has 2 aromatic carbocycles. The average molecular weight is 412 g/mol. The number of thioether (sulfide) groups is 1. The molecule has 1 N–H and O–H groups in total. The van der Waals surface area contributed by atoms with Crippen LogP contribution in [0.3, 0.4) is 0 Å². The summed E-state index contributed by atoms with van der Waals surface area (Å²) in [5.41, 5.74) is 1.51. The van der Waals surface area contributed by atoms with E-state index in [1.54, 1.807) is 23.6 Å². The fourth-order valence-electron chi connectivity index (χ4n) is 2.55. The summed E-state index contributed by atoms with van der Waals surface area (Å²) in [4.78, 5) is 28.7. The highest BCUT2D eigenvalue weighted by atomic mass is 32.2. The minimum Gasteiger partial charge on any atom is -0.422 e. The maximum absolute atomic E-state index is 12.9. The number of halogens is 1. The Morgan fingerprint density at radius 2 is 1.96 bits per heavy atom. The van der Waals surface area contributed by atoms with Crippen LogP contribution in [0.2, 0.25) is 0 Å². The molecule has 5 nitrogen and oxygen atoms in total. The topological polar surface area (TPSA) is 72.2 Å². The largest absolute Gasteiger partial charge is 0.422 e. The predicted molar refractivity (Wildman–Crippen MR) is 109 cm³/mol. The molecule has 0 saturated carbocycles. The van der Waals surface area contributed by atoms with E-state index in [0.717, 1.165) is 5.39 Å². The number of fused-ring (bicyclic) bond motifs is 1. The van der Waals surface area contributed by atoms with Crippen molar-refractivity contribution in [2.45, 2.75) is 4.34 Å².